The third-order valence-electron chi connectivity index (χ3n) is 2.23. The second-order valence-corrected chi connectivity index (χ2v) is 3.19. The van der Waals surface area contributed by atoms with Crippen LogP contribution in [0.15, 0.2) is 42.9 Å². The Hall–Kier alpha value is -1.94. The van der Waals surface area contributed by atoms with E-state index < -0.39 is 0 Å². The van der Waals surface area contributed by atoms with Gasteiger partial charge in [0.25, 0.3) is 0 Å². The Morgan fingerprint density at radius 2 is 2.06 bits per heavy atom. The van der Waals surface area contributed by atoms with Crippen LogP contribution in [0.3, 0.4) is 0 Å². The zero-order valence-electron chi connectivity index (χ0n) is 10.2. The van der Waals surface area contributed by atoms with Crippen molar-refractivity contribution in [2.75, 3.05) is 0 Å². The van der Waals surface area contributed by atoms with Crippen molar-refractivity contribution in [3.05, 3.63) is 48.3 Å². The summed E-state index contributed by atoms with van der Waals surface area (Å²) in [6.45, 7) is 4.33. The smallest absolute Gasteiger partial charge is 0.126 e. The summed E-state index contributed by atoms with van der Waals surface area (Å²) in [5.41, 5.74) is 7.87. The van der Waals surface area contributed by atoms with Gasteiger partial charge in [-0.3, -0.25) is 10.4 Å². The van der Waals surface area contributed by atoms with Crippen molar-refractivity contribution in [2.45, 2.75) is 20.5 Å². The van der Waals surface area contributed by atoms with Crippen LogP contribution in [0.4, 0.5) is 0 Å². The highest BCUT2D eigenvalue weighted by Crippen LogP contribution is 2.14. The van der Waals surface area contributed by atoms with Gasteiger partial charge >= 0.3 is 0 Å². The highest BCUT2D eigenvalue weighted by atomic mass is 15.0. The van der Waals surface area contributed by atoms with Gasteiger partial charge in [0, 0.05) is 24.2 Å². The van der Waals surface area contributed by atoms with Crippen LogP contribution in [0.25, 0.3) is 11.1 Å². The van der Waals surface area contributed by atoms with E-state index >= 15 is 0 Å². The predicted octanol–water partition coefficient (Wildman–Crippen LogP) is 1.97. The lowest BCUT2D eigenvalue weighted by Gasteiger charge is -2.05. The summed E-state index contributed by atoms with van der Waals surface area (Å²) in [7, 11) is 0. The number of hydrogen-bond acceptors (Lipinski definition) is 3. The highest BCUT2D eigenvalue weighted by molar-refractivity contribution is 5.61. The Morgan fingerprint density at radius 3 is 2.59 bits per heavy atom. The molecule has 0 fully saturated rings. The molecular formula is C13H18N4. The minimum Gasteiger partial charge on any atom is -0.320 e. The lowest BCUT2D eigenvalue weighted by molar-refractivity contribution is 0.679. The molecule has 2 aromatic heterocycles. The van der Waals surface area contributed by atoms with Crippen LogP contribution in [0.2, 0.25) is 0 Å². The van der Waals surface area contributed by atoms with Gasteiger partial charge in [0.15, 0.2) is 0 Å². The van der Waals surface area contributed by atoms with E-state index in [9.17, 15) is 0 Å². The molecule has 0 aliphatic carbocycles. The molecule has 0 saturated carbocycles. The number of nitrogens with one attached hydrogen (secondary N) is 1. The second kappa shape index (κ2) is 6.60. The van der Waals surface area contributed by atoms with Gasteiger partial charge < -0.3 is 10.3 Å². The third kappa shape index (κ3) is 3.26. The number of pyridine rings is 2. The van der Waals surface area contributed by atoms with E-state index in [0.717, 1.165) is 11.1 Å². The van der Waals surface area contributed by atoms with Gasteiger partial charge in [0.2, 0.25) is 0 Å². The molecule has 0 aliphatic rings. The van der Waals surface area contributed by atoms with Crippen LogP contribution < -0.4 is 11.2 Å². The Balaban J connectivity index is 0.000000686. The average Bonchev–Trinajstić information content (AvgIpc) is 2.42. The van der Waals surface area contributed by atoms with Crippen LogP contribution in [-0.2, 0) is 6.67 Å². The summed E-state index contributed by atoms with van der Waals surface area (Å²) >= 11 is 0. The normalized spacial score (nSPS) is 9.35. The van der Waals surface area contributed by atoms with Crippen molar-refractivity contribution in [1.29, 1.82) is 5.41 Å². The molecule has 0 unspecified atom stereocenters. The molecule has 4 nitrogen and oxygen atoms in total. The fourth-order valence-corrected chi connectivity index (χ4v) is 1.40. The summed E-state index contributed by atoms with van der Waals surface area (Å²) in [6.07, 6.45) is 5.32. The molecule has 0 bridgehead atoms. The fraction of sp³-hybridized carbons (Fsp3) is 0.231. The maximum atomic E-state index is 7.72. The van der Waals surface area contributed by atoms with Crippen molar-refractivity contribution >= 4 is 0 Å². The quantitative estimate of drug-likeness (QED) is 0.828. The second-order valence-electron chi connectivity index (χ2n) is 3.19. The summed E-state index contributed by atoms with van der Waals surface area (Å²) in [5, 5.41) is 7.72. The van der Waals surface area contributed by atoms with Crippen LogP contribution >= 0.6 is 0 Å². The molecule has 0 atom stereocenters. The van der Waals surface area contributed by atoms with E-state index in [1.54, 1.807) is 23.0 Å². The standard InChI is InChI=1S/C11H12N4.C2H6/c12-8-15-5-3-9(6-11(15)13)10-2-1-4-14-7-10;1-2/h1-7,13H,8,12H2;1-2H3. The maximum absolute atomic E-state index is 7.72. The van der Waals surface area contributed by atoms with Crippen LogP contribution in [0.1, 0.15) is 13.8 Å². The first-order valence-electron chi connectivity index (χ1n) is 5.67. The Labute approximate surface area is 101 Å². The number of rotatable bonds is 2. The largest absolute Gasteiger partial charge is 0.320 e. The van der Waals surface area contributed by atoms with Crippen LogP contribution in [0, 0.1) is 5.41 Å². The van der Waals surface area contributed by atoms with E-state index in [1.807, 2.05) is 38.2 Å². The number of nitrogens with zero attached hydrogens (tertiary/aromatic N) is 2. The Bertz CT molecular complexity index is 502. The molecule has 3 N–H and O–H groups in total. The predicted molar refractivity (Wildman–Crippen MR) is 69.1 cm³/mol. The van der Waals surface area contributed by atoms with Gasteiger partial charge in [-0.05, 0) is 23.8 Å². The minimum absolute atomic E-state index is 0.326. The molecule has 2 heterocycles. The highest BCUT2D eigenvalue weighted by Gasteiger charge is 1.97. The lowest BCUT2D eigenvalue weighted by Crippen LogP contribution is -2.22. The molecule has 4 heteroatoms. The molecule has 2 rings (SSSR count). The van der Waals surface area contributed by atoms with Gasteiger partial charge in [-0.15, -0.1) is 0 Å². The van der Waals surface area contributed by atoms with Crippen molar-refractivity contribution in [1.82, 2.24) is 9.55 Å². The summed E-state index contributed by atoms with van der Waals surface area (Å²) in [6, 6.07) is 7.56. The van der Waals surface area contributed by atoms with E-state index in [4.69, 9.17) is 11.1 Å². The van der Waals surface area contributed by atoms with E-state index in [2.05, 4.69) is 4.98 Å². The minimum atomic E-state index is 0.326. The summed E-state index contributed by atoms with van der Waals surface area (Å²) < 4.78 is 1.67. The van der Waals surface area contributed by atoms with Gasteiger partial charge in [-0.1, -0.05) is 19.9 Å². The average molecular weight is 230 g/mol. The SMILES string of the molecule is CC.N=c1cc(-c2cccnc2)ccn1CN. The monoisotopic (exact) mass is 230 g/mol. The van der Waals surface area contributed by atoms with Gasteiger partial charge in [0.05, 0.1) is 6.67 Å². The third-order valence-corrected chi connectivity index (χ3v) is 2.23. The van der Waals surface area contributed by atoms with Crippen molar-refractivity contribution in [3.63, 3.8) is 0 Å². The molecule has 0 spiro atoms. The molecule has 0 saturated heterocycles. The van der Waals surface area contributed by atoms with Crippen molar-refractivity contribution in [3.8, 4) is 11.1 Å². The topological polar surface area (TPSA) is 67.7 Å². The number of hydrogen-bond donors (Lipinski definition) is 2. The molecule has 2 aromatic rings. The van der Waals surface area contributed by atoms with Gasteiger partial charge in [-0.2, -0.15) is 0 Å². The molecule has 0 amide bonds. The molecule has 17 heavy (non-hydrogen) atoms. The van der Waals surface area contributed by atoms with E-state index in [-0.39, 0.29) is 0 Å². The first kappa shape index (κ1) is 13.1. The summed E-state index contributed by atoms with van der Waals surface area (Å²) in [5.74, 6) is 0. The zero-order chi connectivity index (χ0) is 12.7. The van der Waals surface area contributed by atoms with Gasteiger partial charge in [-0.25, -0.2) is 0 Å². The Morgan fingerprint density at radius 1 is 1.29 bits per heavy atom. The molecular weight excluding hydrogens is 212 g/mol. The maximum Gasteiger partial charge on any atom is 0.126 e. The van der Waals surface area contributed by atoms with Crippen molar-refractivity contribution in [2.24, 2.45) is 5.73 Å². The first-order valence-corrected chi connectivity index (χ1v) is 5.67. The van der Waals surface area contributed by atoms with E-state index in [0.29, 0.717) is 12.2 Å². The first-order chi connectivity index (χ1) is 8.31. The molecule has 90 valence electrons. The van der Waals surface area contributed by atoms with Crippen molar-refractivity contribution < 1.29 is 0 Å². The van der Waals surface area contributed by atoms with Gasteiger partial charge in [0.1, 0.15) is 5.49 Å². The zero-order valence-corrected chi connectivity index (χ0v) is 10.2. The lowest BCUT2D eigenvalue weighted by atomic mass is 10.1. The molecule has 0 aliphatic heterocycles. The molecule has 0 radical (unpaired) electrons. The fourth-order valence-electron chi connectivity index (χ4n) is 1.40. The Kier molecular flexibility index (Phi) is 5.10. The van der Waals surface area contributed by atoms with E-state index in [1.165, 1.54) is 0 Å². The van der Waals surface area contributed by atoms with Crippen LogP contribution in [0.5, 0.6) is 0 Å². The molecule has 0 aromatic carbocycles. The number of nitrogens with two attached hydrogens (primary N) is 1. The van der Waals surface area contributed by atoms with Crippen LogP contribution in [-0.4, -0.2) is 9.55 Å². The number of aromatic nitrogens is 2. The summed E-state index contributed by atoms with van der Waals surface area (Å²) in [4.78, 5) is 4.04.